The first-order valence-corrected chi connectivity index (χ1v) is 8.95. The maximum absolute atomic E-state index is 12.7. The Morgan fingerprint density at radius 2 is 2.18 bits per heavy atom. The molecule has 0 aliphatic carbocycles. The van der Waals surface area contributed by atoms with Gasteiger partial charge in [-0.2, -0.15) is 0 Å². The van der Waals surface area contributed by atoms with E-state index in [4.69, 9.17) is 4.74 Å². The molecule has 0 unspecified atom stereocenters. The van der Waals surface area contributed by atoms with Crippen molar-refractivity contribution in [3.63, 3.8) is 0 Å². The van der Waals surface area contributed by atoms with E-state index in [0.29, 0.717) is 12.0 Å². The van der Waals surface area contributed by atoms with Gasteiger partial charge in [0.25, 0.3) is 0 Å². The average molecular weight is 320 g/mol. The SMILES string of the molecule is Cc1ccc(S(=O)(=O)N[C@@H](C)[C@@H]2CCCO2)c2cccnc12. The van der Waals surface area contributed by atoms with Crippen LogP contribution in [0.4, 0.5) is 0 Å². The molecular formula is C16H20N2O3S. The Balaban J connectivity index is 1.97. The van der Waals surface area contributed by atoms with Gasteiger partial charge in [0.15, 0.2) is 0 Å². The number of nitrogens with zero attached hydrogens (tertiary/aromatic N) is 1. The Kier molecular flexibility index (Phi) is 4.16. The second kappa shape index (κ2) is 5.95. The molecule has 1 N–H and O–H groups in total. The molecule has 1 fully saturated rings. The van der Waals surface area contributed by atoms with Crippen molar-refractivity contribution in [3.8, 4) is 0 Å². The van der Waals surface area contributed by atoms with Gasteiger partial charge in [-0.25, -0.2) is 13.1 Å². The smallest absolute Gasteiger partial charge is 0.241 e. The molecule has 0 saturated carbocycles. The van der Waals surface area contributed by atoms with E-state index in [2.05, 4.69) is 9.71 Å². The molecule has 1 aliphatic heterocycles. The maximum Gasteiger partial charge on any atom is 0.241 e. The molecule has 118 valence electrons. The number of benzene rings is 1. The van der Waals surface area contributed by atoms with Crippen LogP contribution in [-0.4, -0.2) is 32.2 Å². The summed E-state index contributed by atoms with van der Waals surface area (Å²) in [5, 5.41) is 0.648. The number of sulfonamides is 1. The van der Waals surface area contributed by atoms with Crippen LogP contribution >= 0.6 is 0 Å². The summed E-state index contributed by atoms with van der Waals surface area (Å²) in [6.45, 7) is 4.48. The van der Waals surface area contributed by atoms with Crippen molar-refractivity contribution in [1.82, 2.24) is 9.71 Å². The first kappa shape index (κ1) is 15.4. The third kappa shape index (κ3) is 2.86. The van der Waals surface area contributed by atoms with Crippen LogP contribution in [-0.2, 0) is 14.8 Å². The molecule has 2 heterocycles. The monoisotopic (exact) mass is 320 g/mol. The van der Waals surface area contributed by atoms with Crippen molar-refractivity contribution in [1.29, 1.82) is 0 Å². The molecule has 22 heavy (non-hydrogen) atoms. The molecule has 1 aliphatic rings. The lowest BCUT2D eigenvalue weighted by molar-refractivity contribution is 0.0902. The fourth-order valence-electron chi connectivity index (χ4n) is 2.90. The van der Waals surface area contributed by atoms with E-state index in [1.807, 2.05) is 13.8 Å². The highest BCUT2D eigenvalue weighted by Gasteiger charge is 2.28. The van der Waals surface area contributed by atoms with Crippen LogP contribution in [0.25, 0.3) is 10.9 Å². The van der Waals surface area contributed by atoms with Crippen molar-refractivity contribution < 1.29 is 13.2 Å². The summed E-state index contributed by atoms with van der Waals surface area (Å²) in [7, 11) is -3.61. The number of rotatable bonds is 4. The topological polar surface area (TPSA) is 68.3 Å². The first-order chi connectivity index (χ1) is 10.5. The van der Waals surface area contributed by atoms with E-state index in [-0.39, 0.29) is 17.0 Å². The molecular weight excluding hydrogens is 300 g/mol. The number of ether oxygens (including phenoxy) is 1. The Morgan fingerprint density at radius 1 is 1.36 bits per heavy atom. The molecule has 1 saturated heterocycles. The Bertz CT molecular complexity index is 783. The van der Waals surface area contributed by atoms with Gasteiger partial charge in [-0.05, 0) is 50.5 Å². The number of aromatic nitrogens is 1. The summed E-state index contributed by atoms with van der Waals surface area (Å²) < 4.78 is 33.8. The maximum atomic E-state index is 12.7. The standard InChI is InChI=1S/C16H20N2O3S/c1-11-7-8-15(13-5-3-9-17-16(11)13)22(19,20)18-12(2)14-6-4-10-21-14/h3,5,7-9,12,14,18H,4,6,10H2,1-2H3/t12-,14-/m0/s1. The van der Waals surface area contributed by atoms with Gasteiger partial charge in [-0.15, -0.1) is 0 Å². The van der Waals surface area contributed by atoms with E-state index in [1.165, 1.54) is 0 Å². The van der Waals surface area contributed by atoms with Gasteiger partial charge in [0.2, 0.25) is 10.0 Å². The lowest BCUT2D eigenvalue weighted by Crippen LogP contribution is -2.40. The zero-order valence-electron chi connectivity index (χ0n) is 12.7. The molecule has 6 heteroatoms. The van der Waals surface area contributed by atoms with Gasteiger partial charge in [0.05, 0.1) is 16.5 Å². The first-order valence-electron chi connectivity index (χ1n) is 7.47. The van der Waals surface area contributed by atoms with Crippen molar-refractivity contribution >= 4 is 20.9 Å². The van der Waals surface area contributed by atoms with Crippen LogP contribution in [0.5, 0.6) is 0 Å². The lowest BCUT2D eigenvalue weighted by atomic mass is 10.1. The minimum Gasteiger partial charge on any atom is -0.377 e. The van der Waals surface area contributed by atoms with Gasteiger partial charge in [-0.1, -0.05) is 6.07 Å². The fourth-order valence-corrected chi connectivity index (χ4v) is 4.37. The van der Waals surface area contributed by atoms with E-state index in [1.54, 1.807) is 30.5 Å². The Hall–Kier alpha value is -1.50. The van der Waals surface area contributed by atoms with Gasteiger partial charge < -0.3 is 4.74 Å². The summed E-state index contributed by atoms with van der Waals surface area (Å²) >= 11 is 0. The van der Waals surface area contributed by atoms with Crippen LogP contribution in [0.15, 0.2) is 35.4 Å². The molecule has 1 aromatic carbocycles. The molecule has 1 aromatic heterocycles. The molecule has 0 radical (unpaired) electrons. The van der Waals surface area contributed by atoms with Gasteiger partial charge in [-0.3, -0.25) is 4.98 Å². The summed E-state index contributed by atoms with van der Waals surface area (Å²) in [4.78, 5) is 4.56. The number of aryl methyl sites for hydroxylation is 1. The molecule has 0 amide bonds. The van der Waals surface area contributed by atoms with E-state index >= 15 is 0 Å². The largest absolute Gasteiger partial charge is 0.377 e. The summed E-state index contributed by atoms with van der Waals surface area (Å²) in [5.74, 6) is 0. The number of fused-ring (bicyclic) bond motifs is 1. The predicted molar refractivity (Wildman–Crippen MR) is 85.2 cm³/mol. The highest BCUT2D eigenvalue weighted by Crippen LogP contribution is 2.25. The summed E-state index contributed by atoms with van der Waals surface area (Å²) in [6.07, 6.45) is 3.49. The highest BCUT2D eigenvalue weighted by atomic mass is 32.2. The van der Waals surface area contributed by atoms with Gasteiger partial charge in [0, 0.05) is 24.2 Å². The molecule has 5 nitrogen and oxygen atoms in total. The Morgan fingerprint density at radius 3 is 2.91 bits per heavy atom. The van der Waals surface area contributed by atoms with Crippen LogP contribution in [0.1, 0.15) is 25.3 Å². The predicted octanol–water partition coefficient (Wildman–Crippen LogP) is 2.39. The number of hydrogen-bond acceptors (Lipinski definition) is 4. The van der Waals surface area contributed by atoms with E-state index in [9.17, 15) is 8.42 Å². The van der Waals surface area contributed by atoms with Crippen molar-refractivity contribution in [2.45, 2.75) is 43.7 Å². The van der Waals surface area contributed by atoms with Gasteiger partial charge >= 0.3 is 0 Å². The minimum atomic E-state index is -3.61. The van der Waals surface area contributed by atoms with Crippen molar-refractivity contribution in [3.05, 3.63) is 36.0 Å². The van der Waals surface area contributed by atoms with Crippen LogP contribution in [0, 0.1) is 6.92 Å². The third-order valence-electron chi connectivity index (χ3n) is 4.08. The lowest BCUT2D eigenvalue weighted by Gasteiger charge is -2.20. The number of hydrogen-bond donors (Lipinski definition) is 1. The third-order valence-corrected chi connectivity index (χ3v) is 5.70. The van der Waals surface area contributed by atoms with Crippen LogP contribution < -0.4 is 4.72 Å². The fraction of sp³-hybridized carbons (Fsp3) is 0.438. The molecule has 2 aromatic rings. The second-order valence-corrected chi connectivity index (χ2v) is 7.42. The molecule has 3 rings (SSSR count). The number of nitrogens with one attached hydrogen (secondary N) is 1. The number of pyridine rings is 1. The summed E-state index contributed by atoms with van der Waals surface area (Å²) in [5.41, 5.74) is 1.68. The Labute approximate surface area is 130 Å². The van der Waals surface area contributed by atoms with Crippen LogP contribution in [0.2, 0.25) is 0 Å². The van der Waals surface area contributed by atoms with Gasteiger partial charge in [0.1, 0.15) is 0 Å². The second-order valence-electron chi connectivity index (χ2n) is 5.74. The summed E-state index contributed by atoms with van der Waals surface area (Å²) in [6, 6.07) is 6.73. The highest BCUT2D eigenvalue weighted by molar-refractivity contribution is 7.89. The van der Waals surface area contributed by atoms with Crippen molar-refractivity contribution in [2.75, 3.05) is 6.61 Å². The minimum absolute atomic E-state index is 0.0513. The average Bonchev–Trinajstić information content (AvgIpc) is 3.01. The molecule has 0 spiro atoms. The van der Waals surface area contributed by atoms with Crippen molar-refractivity contribution in [2.24, 2.45) is 0 Å². The zero-order valence-corrected chi connectivity index (χ0v) is 13.6. The van der Waals surface area contributed by atoms with E-state index < -0.39 is 10.0 Å². The van der Waals surface area contributed by atoms with Crippen LogP contribution in [0.3, 0.4) is 0 Å². The van der Waals surface area contributed by atoms with E-state index in [0.717, 1.165) is 23.9 Å². The molecule has 2 atom stereocenters. The normalized spacial score (nSPS) is 20.4. The quantitative estimate of drug-likeness (QED) is 0.939. The molecule has 0 bridgehead atoms. The zero-order chi connectivity index (χ0) is 15.7.